The molecule has 2 N–H and O–H groups in total. The lowest BCUT2D eigenvalue weighted by Crippen LogP contribution is -2.68. The van der Waals surface area contributed by atoms with Gasteiger partial charge in [-0.25, -0.2) is 4.68 Å². The lowest BCUT2D eigenvalue weighted by atomic mass is 9.33. The number of ether oxygens (including phenoxy) is 1. The summed E-state index contributed by atoms with van der Waals surface area (Å²) < 4.78 is 8.03. The van der Waals surface area contributed by atoms with Crippen molar-refractivity contribution in [2.75, 3.05) is 32.8 Å². The number of fused-ring (bicyclic) bond motifs is 7. The number of nitrogens with zero attached hydrogens (tertiary/aromatic N) is 3. The zero-order chi connectivity index (χ0) is 43.0. The molecule has 7 nitrogen and oxygen atoms in total. The van der Waals surface area contributed by atoms with Gasteiger partial charge < -0.3 is 20.1 Å². The number of piperidine rings is 1. The van der Waals surface area contributed by atoms with Gasteiger partial charge in [0.1, 0.15) is 12.0 Å². The standard InChI is InChI=1S/C54H78N4O3/c1-37(2)40-21-28-54(55-31-34-58-32-13-10-14-33-58)30-29-51(6)42(47(40)54)17-18-45-50(5)24-22-41(49(3,4)44(50)23-25-52(45,51)7)38-19-26-53(27-20-38,48(59)60)36-61-46-35-43(56-57(46)8)39-15-11-9-12-16-39/h9,11-12,15-16,19,22,35,40,42,44-45,47,55H,1,10,13-14,17-18,20-21,23-34,36H2,2-8H3,(H,59,60)/t40-,42+,44-,45+,47+,50-,51+,52+,53?,54-/m0/s1. The lowest BCUT2D eigenvalue weighted by Gasteiger charge is -2.72. The maximum atomic E-state index is 13.0. The van der Waals surface area contributed by atoms with Gasteiger partial charge in [0.25, 0.3) is 0 Å². The first-order valence-corrected chi connectivity index (χ1v) is 24.6. The molecule has 2 aromatic rings. The molecular formula is C54H78N4O3. The molecule has 7 aliphatic rings. The first kappa shape index (κ1) is 43.1. The van der Waals surface area contributed by atoms with Crippen molar-refractivity contribution in [3.05, 3.63) is 71.8 Å². The van der Waals surface area contributed by atoms with Crippen molar-refractivity contribution in [3.8, 4) is 17.1 Å². The molecule has 0 amide bonds. The Kier molecular flexibility index (Phi) is 11.2. The molecule has 1 unspecified atom stereocenters. The van der Waals surface area contributed by atoms with Gasteiger partial charge in [-0.05, 0) is 172 Å². The van der Waals surface area contributed by atoms with Crippen LogP contribution in [0.2, 0.25) is 0 Å². The molecule has 1 aromatic heterocycles. The maximum absolute atomic E-state index is 13.0. The van der Waals surface area contributed by atoms with Crippen LogP contribution in [0.1, 0.15) is 138 Å². The summed E-state index contributed by atoms with van der Waals surface area (Å²) in [4.78, 5) is 15.7. The number of likely N-dealkylation sites (tertiary alicyclic amines) is 1. The van der Waals surface area contributed by atoms with Gasteiger partial charge in [0, 0.05) is 37.3 Å². The highest BCUT2D eigenvalue weighted by atomic mass is 16.5. The van der Waals surface area contributed by atoms with E-state index in [0.717, 1.165) is 36.6 Å². The van der Waals surface area contributed by atoms with Crippen molar-refractivity contribution in [2.45, 2.75) is 143 Å². The topological polar surface area (TPSA) is 79.6 Å². The molecule has 1 aromatic carbocycles. The Bertz CT molecular complexity index is 2040. The van der Waals surface area contributed by atoms with Crippen LogP contribution in [0.5, 0.6) is 5.88 Å². The monoisotopic (exact) mass is 831 g/mol. The minimum atomic E-state index is -0.960. The molecule has 4 saturated carbocycles. The van der Waals surface area contributed by atoms with Gasteiger partial charge in [0.15, 0.2) is 0 Å². The van der Waals surface area contributed by atoms with E-state index in [9.17, 15) is 9.90 Å². The minimum absolute atomic E-state index is 0.0245. The summed E-state index contributed by atoms with van der Waals surface area (Å²) >= 11 is 0. The highest BCUT2D eigenvalue weighted by Crippen LogP contribution is 2.76. The second-order valence-corrected chi connectivity index (χ2v) is 22.9. The molecule has 2 heterocycles. The Morgan fingerprint density at radius 3 is 2.38 bits per heavy atom. The third-order valence-electron chi connectivity index (χ3n) is 19.8. The van der Waals surface area contributed by atoms with Gasteiger partial charge in [-0.2, -0.15) is 5.10 Å². The molecule has 0 spiro atoms. The average molecular weight is 831 g/mol. The number of carboxylic acids is 1. The van der Waals surface area contributed by atoms with Gasteiger partial charge in [-0.15, -0.1) is 0 Å². The molecule has 10 atom stereocenters. The number of aromatic nitrogens is 2. The van der Waals surface area contributed by atoms with E-state index in [1.807, 2.05) is 43.4 Å². The van der Waals surface area contributed by atoms with Gasteiger partial charge in [-0.3, -0.25) is 4.79 Å². The molecule has 0 bridgehead atoms. The summed E-state index contributed by atoms with van der Waals surface area (Å²) in [5.41, 5.74) is 6.35. The summed E-state index contributed by atoms with van der Waals surface area (Å²) in [5.74, 6) is 3.21. The molecule has 61 heavy (non-hydrogen) atoms. The largest absolute Gasteiger partial charge is 0.481 e. The molecule has 7 heteroatoms. The van der Waals surface area contributed by atoms with E-state index in [2.05, 4.69) is 75.6 Å². The highest BCUT2D eigenvalue weighted by molar-refractivity contribution is 5.75. The van der Waals surface area contributed by atoms with Gasteiger partial charge in [0.05, 0.1) is 5.69 Å². The van der Waals surface area contributed by atoms with Crippen molar-refractivity contribution in [3.63, 3.8) is 0 Å². The van der Waals surface area contributed by atoms with E-state index in [4.69, 9.17) is 4.74 Å². The van der Waals surface area contributed by atoms with E-state index in [1.54, 1.807) is 4.68 Å². The van der Waals surface area contributed by atoms with Crippen LogP contribution in [0, 0.1) is 56.7 Å². The number of aliphatic carboxylic acids is 1. The van der Waals surface area contributed by atoms with E-state index >= 15 is 0 Å². The van der Waals surface area contributed by atoms with Crippen LogP contribution in [0.25, 0.3) is 11.3 Å². The fourth-order valence-electron chi connectivity index (χ4n) is 16.3. The Hall–Kier alpha value is -3.16. The number of aryl methyl sites for hydroxylation is 1. The van der Waals surface area contributed by atoms with E-state index < -0.39 is 11.4 Å². The van der Waals surface area contributed by atoms with Crippen molar-refractivity contribution in [1.82, 2.24) is 20.0 Å². The molecule has 0 radical (unpaired) electrons. The zero-order valence-electron chi connectivity index (χ0n) is 39.0. The van der Waals surface area contributed by atoms with Crippen LogP contribution in [-0.2, 0) is 11.8 Å². The minimum Gasteiger partial charge on any atom is -0.481 e. The first-order chi connectivity index (χ1) is 29.1. The average Bonchev–Trinajstić information content (AvgIpc) is 3.82. The number of hydrogen-bond donors (Lipinski definition) is 2. The van der Waals surface area contributed by atoms with Crippen LogP contribution in [-0.4, -0.2) is 64.1 Å². The number of benzene rings is 1. The first-order valence-electron chi connectivity index (χ1n) is 24.6. The second-order valence-electron chi connectivity index (χ2n) is 22.9. The van der Waals surface area contributed by atoms with Gasteiger partial charge in [-0.1, -0.05) is 95.7 Å². The normalized spacial score (nSPS) is 39.5. The fourth-order valence-corrected chi connectivity index (χ4v) is 16.3. The fraction of sp³-hybridized carbons (Fsp3) is 0.704. The van der Waals surface area contributed by atoms with E-state index in [1.165, 1.54) is 107 Å². The number of nitrogens with one attached hydrogen (secondary N) is 1. The van der Waals surface area contributed by atoms with Crippen molar-refractivity contribution < 1.29 is 14.6 Å². The van der Waals surface area contributed by atoms with Crippen molar-refractivity contribution in [1.29, 1.82) is 0 Å². The molecule has 1 saturated heterocycles. The molecule has 5 fully saturated rings. The number of hydrogen-bond acceptors (Lipinski definition) is 5. The molecular weight excluding hydrogens is 753 g/mol. The number of allylic oxidation sites excluding steroid dienone is 5. The van der Waals surface area contributed by atoms with Crippen LogP contribution in [0.4, 0.5) is 0 Å². The Morgan fingerprint density at radius 2 is 1.67 bits per heavy atom. The predicted molar refractivity (Wildman–Crippen MR) is 247 cm³/mol. The third-order valence-corrected chi connectivity index (χ3v) is 19.8. The van der Waals surface area contributed by atoms with E-state index in [0.29, 0.717) is 53.2 Å². The molecule has 1 aliphatic heterocycles. The summed E-state index contributed by atoms with van der Waals surface area (Å²) in [6.07, 6.45) is 22.6. The summed E-state index contributed by atoms with van der Waals surface area (Å²) in [5, 5.41) is 19.7. The third kappa shape index (κ3) is 6.95. The highest BCUT2D eigenvalue weighted by Gasteiger charge is 2.70. The Balaban J connectivity index is 0.923. The van der Waals surface area contributed by atoms with Crippen molar-refractivity contribution in [2.24, 2.45) is 63.7 Å². The SMILES string of the molecule is C=C(C)[C@@H]1CC[C@]2(NCCN3CCCCC3)CC[C@]3(C)[C@H](CC[C@@H]4[C@@]5(C)CC=C(C6=CCC(COc7cc(-c8ccccc8)nn7C)(C(=O)O)CC6)C(C)(C)[C@@H]5CC[C@]43C)[C@@H]12. The van der Waals surface area contributed by atoms with Crippen LogP contribution >= 0.6 is 0 Å². The summed E-state index contributed by atoms with van der Waals surface area (Å²) in [7, 11) is 1.86. The predicted octanol–water partition coefficient (Wildman–Crippen LogP) is 11.7. The summed E-state index contributed by atoms with van der Waals surface area (Å²) in [6.45, 7) is 25.3. The second kappa shape index (κ2) is 15.8. The number of rotatable bonds is 11. The Morgan fingerprint density at radius 1 is 0.902 bits per heavy atom. The van der Waals surface area contributed by atoms with Gasteiger partial charge >= 0.3 is 5.97 Å². The number of carbonyl (C=O) groups is 1. The molecule has 9 rings (SSSR count). The molecule has 6 aliphatic carbocycles. The van der Waals surface area contributed by atoms with Crippen LogP contribution < -0.4 is 10.1 Å². The van der Waals surface area contributed by atoms with Crippen LogP contribution in [0.15, 0.2) is 71.8 Å². The zero-order valence-corrected chi connectivity index (χ0v) is 39.0. The Labute approximate surface area is 368 Å². The van der Waals surface area contributed by atoms with Crippen LogP contribution in [0.3, 0.4) is 0 Å². The lowest BCUT2D eigenvalue weighted by molar-refractivity contribution is -0.221. The smallest absolute Gasteiger partial charge is 0.313 e. The number of carboxylic acid groups (broad SMARTS) is 1. The maximum Gasteiger partial charge on any atom is 0.313 e. The summed E-state index contributed by atoms with van der Waals surface area (Å²) in [6, 6.07) is 12.0. The quantitative estimate of drug-likeness (QED) is 0.220. The van der Waals surface area contributed by atoms with Gasteiger partial charge in [0.2, 0.25) is 5.88 Å². The van der Waals surface area contributed by atoms with E-state index in [-0.39, 0.29) is 23.0 Å². The van der Waals surface area contributed by atoms with Crippen molar-refractivity contribution >= 4 is 5.97 Å². The molecule has 332 valence electrons.